The molecule has 0 amide bonds. The Kier molecular flexibility index (Phi) is 2.11. The van der Waals surface area contributed by atoms with E-state index in [0.29, 0.717) is 0 Å². The van der Waals surface area contributed by atoms with Gasteiger partial charge in [-0.2, -0.15) is 0 Å². The Morgan fingerprint density at radius 3 is 2.18 bits per heavy atom. The normalized spacial score (nSPS) is 30.5. The van der Waals surface area contributed by atoms with Gasteiger partial charge in [-0.3, -0.25) is 0 Å². The van der Waals surface area contributed by atoms with Crippen molar-refractivity contribution in [1.82, 2.24) is 5.32 Å². The first-order valence-electron chi connectivity index (χ1n) is 4.55. The van der Waals surface area contributed by atoms with Crippen molar-refractivity contribution in [3.8, 4) is 0 Å². The standard InChI is InChI=1S/C8H17N2O/c1-3-10(4-2-9-1)5-7-11-8-6-10/h9H,1-8H2/q+1. The molecule has 0 aromatic rings. The Labute approximate surface area is 67.9 Å². The lowest BCUT2D eigenvalue weighted by Crippen LogP contribution is -2.62. The molecule has 3 nitrogen and oxygen atoms in total. The van der Waals surface area contributed by atoms with Crippen LogP contribution in [0, 0.1) is 0 Å². The summed E-state index contributed by atoms with van der Waals surface area (Å²) in [6, 6.07) is 0. The number of rotatable bonds is 0. The van der Waals surface area contributed by atoms with Gasteiger partial charge in [0.05, 0.1) is 26.3 Å². The number of morpholine rings is 1. The van der Waals surface area contributed by atoms with Crippen molar-refractivity contribution in [1.29, 1.82) is 0 Å². The summed E-state index contributed by atoms with van der Waals surface area (Å²) in [5, 5.41) is 3.40. The number of ether oxygens (including phenoxy) is 1. The van der Waals surface area contributed by atoms with Gasteiger partial charge in [-0.25, -0.2) is 0 Å². The lowest BCUT2D eigenvalue weighted by atomic mass is 10.2. The fourth-order valence-electron chi connectivity index (χ4n) is 2.05. The number of hydrogen-bond acceptors (Lipinski definition) is 2. The van der Waals surface area contributed by atoms with Gasteiger partial charge >= 0.3 is 0 Å². The van der Waals surface area contributed by atoms with E-state index in [-0.39, 0.29) is 0 Å². The first-order valence-corrected chi connectivity index (χ1v) is 4.55. The van der Waals surface area contributed by atoms with Crippen molar-refractivity contribution in [3.05, 3.63) is 0 Å². The maximum atomic E-state index is 5.36. The molecule has 0 unspecified atom stereocenters. The predicted octanol–water partition coefficient (Wildman–Crippen LogP) is -0.563. The fourth-order valence-corrected chi connectivity index (χ4v) is 2.05. The van der Waals surface area contributed by atoms with Crippen molar-refractivity contribution < 1.29 is 9.22 Å². The molecule has 1 spiro atoms. The molecule has 0 radical (unpaired) electrons. The van der Waals surface area contributed by atoms with E-state index in [1.165, 1.54) is 43.8 Å². The third-order valence-electron chi connectivity index (χ3n) is 2.95. The zero-order chi connectivity index (χ0) is 7.57. The van der Waals surface area contributed by atoms with Gasteiger partial charge in [0, 0.05) is 13.1 Å². The molecule has 11 heavy (non-hydrogen) atoms. The Balaban J connectivity index is 1.94. The Hall–Kier alpha value is -0.120. The number of nitrogens with one attached hydrogen (secondary N) is 1. The molecule has 2 rings (SSSR count). The third kappa shape index (κ3) is 1.55. The van der Waals surface area contributed by atoms with Crippen LogP contribution in [0.2, 0.25) is 0 Å². The molecular formula is C8H17N2O+. The minimum atomic E-state index is 0.972. The molecule has 3 heteroatoms. The maximum Gasteiger partial charge on any atom is 0.103 e. The highest BCUT2D eigenvalue weighted by atomic mass is 16.5. The number of quaternary nitrogens is 1. The van der Waals surface area contributed by atoms with Crippen LogP contribution in [0.4, 0.5) is 0 Å². The quantitative estimate of drug-likeness (QED) is 0.476. The predicted molar refractivity (Wildman–Crippen MR) is 43.4 cm³/mol. The van der Waals surface area contributed by atoms with Crippen molar-refractivity contribution in [2.24, 2.45) is 0 Å². The first-order chi connectivity index (χ1) is 5.41. The zero-order valence-corrected chi connectivity index (χ0v) is 7.01. The SMILES string of the molecule is C1C[N+]2(CCN1)CCOCC2. The van der Waals surface area contributed by atoms with Gasteiger partial charge in [0.2, 0.25) is 0 Å². The van der Waals surface area contributed by atoms with E-state index in [4.69, 9.17) is 4.74 Å². The number of piperazine rings is 1. The van der Waals surface area contributed by atoms with Crippen LogP contribution >= 0.6 is 0 Å². The molecule has 0 aromatic heterocycles. The lowest BCUT2D eigenvalue weighted by molar-refractivity contribution is -0.936. The van der Waals surface area contributed by atoms with Crippen molar-refractivity contribution >= 4 is 0 Å². The van der Waals surface area contributed by atoms with Gasteiger partial charge < -0.3 is 14.5 Å². The molecule has 2 saturated heterocycles. The topological polar surface area (TPSA) is 21.3 Å². The Bertz CT molecular complexity index is 107. The van der Waals surface area contributed by atoms with Gasteiger partial charge in [-0.05, 0) is 0 Å². The van der Waals surface area contributed by atoms with E-state index in [1.54, 1.807) is 0 Å². The molecule has 0 saturated carbocycles. The fraction of sp³-hybridized carbons (Fsp3) is 1.00. The number of nitrogens with zero attached hydrogens (tertiary/aromatic N) is 1. The maximum absolute atomic E-state index is 5.36. The second kappa shape index (κ2) is 3.09. The Morgan fingerprint density at radius 2 is 1.55 bits per heavy atom. The summed E-state index contributed by atoms with van der Waals surface area (Å²) in [5.41, 5.74) is 0. The average Bonchev–Trinajstić information content (AvgIpc) is 2.07. The molecule has 1 N–H and O–H groups in total. The highest BCUT2D eigenvalue weighted by Crippen LogP contribution is 2.11. The van der Waals surface area contributed by atoms with E-state index < -0.39 is 0 Å². The molecule has 0 aromatic carbocycles. The van der Waals surface area contributed by atoms with Crippen LogP contribution in [-0.4, -0.2) is 57.0 Å². The van der Waals surface area contributed by atoms with Crippen LogP contribution in [0.15, 0.2) is 0 Å². The molecule has 0 aliphatic carbocycles. The first kappa shape index (κ1) is 7.53. The lowest BCUT2D eigenvalue weighted by Gasteiger charge is -2.43. The Morgan fingerprint density at radius 1 is 0.909 bits per heavy atom. The molecule has 0 bridgehead atoms. The molecule has 2 heterocycles. The van der Waals surface area contributed by atoms with Crippen molar-refractivity contribution in [3.63, 3.8) is 0 Å². The van der Waals surface area contributed by atoms with E-state index in [9.17, 15) is 0 Å². The summed E-state index contributed by atoms with van der Waals surface area (Å²) in [6.07, 6.45) is 0. The summed E-state index contributed by atoms with van der Waals surface area (Å²) in [5.74, 6) is 0. The van der Waals surface area contributed by atoms with Gasteiger partial charge in [0.25, 0.3) is 0 Å². The van der Waals surface area contributed by atoms with Crippen LogP contribution < -0.4 is 5.32 Å². The van der Waals surface area contributed by atoms with Crippen LogP contribution in [0.5, 0.6) is 0 Å². The second-order valence-electron chi connectivity index (χ2n) is 3.60. The van der Waals surface area contributed by atoms with Crippen LogP contribution in [0.25, 0.3) is 0 Å². The van der Waals surface area contributed by atoms with Crippen LogP contribution in [-0.2, 0) is 4.74 Å². The van der Waals surface area contributed by atoms with Gasteiger partial charge in [-0.1, -0.05) is 0 Å². The summed E-state index contributed by atoms with van der Waals surface area (Å²) in [6.45, 7) is 9.43. The van der Waals surface area contributed by atoms with Gasteiger partial charge in [0.1, 0.15) is 13.1 Å². The second-order valence-corrected chi connectivity index (χ2v) is 3.60. The van der Waals surface area contributed by atoms with Crippen molar-refractivity contribution in [2.45, 2.75) is 0 Å². The van der Waals surface area contributed by atoms with Gasteiger partial charge in [-0.15, -0.1) is 0 Å². The molecule has 2 aliphatic heterocycles. The van der Waals surface area contributed by atoms with Crippen LogP contribution in [0.3, 0.4) is 0 Å². The highest BCUT2D eigenvalue weighted by molar-refractivity contribution is 4.59. The smallest absolute Gasteiger partial charge is 0.103 e. The van der Waals surface area contributed by atoms with Gasteiger partial charge in [0.15, 0.2) is 0 Å². The third-order valence-corrected chi connectivity index (χ3v) is 2.95. The van der Waals surface area contributed by atoms with Crippen molar-refractivity contribution in [2.75, 3.05) is 52.5 Å². The van der Waals surface area contributed by atoms with E-state index in [0.717, 1.165) is 13.2 Å². The summed E-state index contributed by atoms with van der Waals surface area (Å²) in [4.78, 5) is 0. The number of hydrogen-bond donors (Lipinski definition) is 1. The molecular weight excluding hydrogens is 140 g/mol. The van der Waals surface area contributed by atoms with E-state index >= 15 is 0 Å². The molecule has 64 valence electrons. The minimum Gasteiger partial charge on any atom is -0.370 e. The molecule has 2 aliphatic rings. The zero-order valence-electron chi connectivity index (χ0n) is 7.01. The average molecular weight is 157 g/mol. The van der Waals surface area contributed by atoms with E-state index in [1.807, 2.05) is 0 Å². The van der Waals surface area contributed by atoms with E-state index in [2.05, 4.69) is 5.32 Å². The minimum absolute atomic E-state index is 0.972. The molecule has 2 fully saturated rings. The monoisotopic (exact) mass is 157 g/mol. The molecule has 0 atom stereocenters. The highest BCUT2D eigenvalue weighted by Gasteiger charge is 2.31. The summed E-state index contributed by atoms with van der Waals surface area (Å²) >= 11 is 0. The van der Waals surface area contributed by atoms with Crippen LogP contribution in [0.1, 0.15) is 0 Å². The largest absolute Gasteiger partial charge is 0.370 e. The summed E-state index contributed by atoms with van der Waals surface area (Å²) in [7, 11) is 0. The summed E-state index contributed by atoms with van der Waals surface area (Å²) < 4.78 is 6.67.